The van der Waals surface area contributed by atoms with E-state index >= 15 is 0 Å². The fourth-order valence-corrected chi connectivity index (χ4v) is 1.80. The zero-order valence-corrected chi connectivity index (χ0v) is 11.0. The van der Waals surface area contributed by atoms with Gasteiger partial charge in [-0.1, -0.05) is 37.4 Å². The predicted octanol–water partition coefficient (Wildman–Crippen LogP) is 3.56. The summed E-state index contributed by atoms with van der Waals surface area (Å²) in [4.78, 5) is 22.5. The van der Waals surface area contributed by atoms with Gasteiger partial charge in [0.2, 0.25) is 5.91 Å². The number of hydrogen-bond acceptors (Lipinski definition) is 2. The van der Waals surface area contributed by atoms with Crippen LogP contribution in [0.1, 0.15) is 43.0 Å². The summed E-state index contributed by atoms with van der Waals surface area (Å²) in [6.45, 7) is 2.06. The maximum absolute atomic E-state index is 11.6. The number of carbonyl (C=O) groups is 2. The highest BCUT2D eigenvalue weighted by molar-refractivity contribution is 6.36. The minimum atomic E-state index is -1.11. The first kappa shape index (κ1) is 14.5. The zero-order valence-electron chi connectivity index (χ0n) is 10.2. The van der Waals surface area contributed by atoms with Gasteiger partial charge in [0.25, 0.3) is 0 Å². The van der Waals surface area contributed by atoms with Crippen LogP contribution in [0, 0.1) is 0 Å². The second-order valence-electron chi connectivity index (χ2n) is 3.98. The molecule has 0 radical (unpaired) electrons. The molecular weight excluding hydrogens is 254 g/mol. The van der Waals surface area contributed by atoms with Gasteiger partial charge in [-0.2, -0.15) is 0 Å². The molecule has 0 fully saturated rings. The Kier molecular flexibility index (Phi) is 5.65. The van der Waals surface area contributed by atoms with Crippen LogP contribution >= 0.6 is 11.6 Å². The van der Waals surface area contributed by atoms with Gasteiger partial charge in [-0.25, -0.2) is 4.79 Å². The Morgan fingerprint density at radius 3 is 2.67 bits per heavy atom. The van der Waals surface area contributed by atoms with Crippen LogP contribution in [0.4, 0.5) is 5.69 Å². The lowest BCUT2D eigenvalue weighted by Crippen LogP contribution is -2.12. The molecule has 0 aliphatic rings. The van der Waals surface area contributed by atoms with Crippen LogP contribution < -0.4 is 5.32 Å². The molecule has 1 rings (SSSR count). The molecule has 0 saturated carbocycles. The molecule has 0 spiro atoms. The van der Waals surface area contributed by atoms with Crippen molar-refractivity contribution in [3.8, 4) is 0 Å². The molecule has 1 amide bonds. The lowest BCUT2D eigenvalue weighted by Gasteiger charge is -2.08. The molecule has 98 valence electrons. The summed E-state index contributed by atoms with van der Waals surface area (Å²) in [6.07, 6.45) is 3.28. The van der Waals surface area contributed by atoms with Crippen molar-refractivity contribution in [2.45, 2.75) is 32.6 Å². The number of benzene rings is 1. The van der Waals surface area contributed by atoms with Crippen molar-refractivity contribution >= 4 is 29.2 Å². The SMILES string of the molecule is CCCCCC(=O)Nc1cccc(C(=O)O)c1Cl. The first-order valence-corrected chi connectivity index (χ1v) is 6.25. The topological polar surface area (TPSA) is 66.4 Å². The van der Waals surface area contributed by atoms with Gasteiger partial charge in [0.15, 0.2) is 0 Å². The third-order valence-electron chi connectivity index (χ3n) is 2.51. The van der Waals surface area contributed by atoms with Crippen LogP contribution in [0.15, 0.2) is 18.2 Å². The summed E-state index contributed by atoms with van der Waals surface area (Å²) in [5.41, 5.74) is 0.334. The number of hydrogen-bond donors (Lipinski definition) is 2. The standard InChI is InChI=1S/C13H16ClNO3/c1-2-3-4-8-11(16)15-10-7-5-6-9(12(10)14)13(17)18/h5-7H,2-4,8H2,1H3,(H,15,16)(H,17,18). The Balaban J connectivity index is 2.70. The van der Waals surface area contributed by atoms with E-state index in [-0.39, 0.29) is 16.5 Å². The number of anilines is 1. The second kappa shape index (κ2) is 7.01. The molecule has 0 heterocycles. The summed E-state index contributed by atoms with van der Waals surface area (Å²) in [6, 6.07) is 4.54. The van der Waals surface area contributed by atoms with Crippen LogP contribution in [-0.2, 0) is 4.79 Å². The average molecular weight is 270 g/mol. The number of carboxylic acids is 1. The summed E-state index contributed by atoms with van der Waals surface area (Å²) in [5, 5.41) is 11.6. The van der Waals surface area contributed by atoms with Crippen LogP contribution in [0.5, 0.6) is 0 Å². The Bertz CT molecular complexity index is 446. The van der Waals surface area contributed by atoms with Crippen molar-refractivity contribution in [2.75, 3.05) is 5.32 Å². The molecule has 4 nitrogen and oxygen atoms in total. The smallest absolute Gasteiger partial charge is 0.337 e. The van der Waals surface area contributed by atoms with E-state index in [0.29, 0.717) is 12.1 Å². The summed E-state index contributed by atoms with van der Waals surface area (Å²) < 4.78 is 0. The second-order valence-corrected chi connectivity index (χ2v) is 4.36. The quantitative estimate of drug-likeness (QED) is 0.776. The van der Waals surface area contributed by atoms with Crippen molar-refractivity contribution < 1.29 is 14.7 Å². The highest BCUT2D eigenvalue weighted by Crippen LogP contribution is 2.26. The van der Waals surface area contributed by atoms with Crippen LogP contribution in [0.25, 0.3) is 0 Å². The Morgan fingerprint density at radius 2 is 2.06 bits per heavy atom. The molecule has 2 N–H and O–H groups in total. The molecule has 5 heteroatoms. The predicted molar refractivity (Wildman–Crippen MR) is 71.2 cm³/mol. The molecule has 1 aromatic carbocycles. The third-order valence-corrected chi connectivity index (χ3v) is 2.92. The molecule has 18 heavy (non-hydrogen) atoms. The molecule has 0 aromatic heterocycles. The van der Waals surface area contributed by atoms with Crippen molar-refractivity contribution in [2.24, 2.45) is 0 Å². The van der Waals surface area contributed by atoms with Crippen LogP contribution in [-0.4, -0.2) is 17.0 Å². The first-order chi connectivity index (χ1) is 8.56. The molecule has 0 bridgehead atoms. The van der Waals surface area contributed by atoms with Crippen LogP contribution in [0.2, 0.25) is 5.02 Å². The fraction of sp³-hybridized carbons (Fsp3) is 0.385. The van der Waals surface area contributed by atoms with Gasteiger partial charge in [-0.05, 0) is 18.6 Å². The van der Waals surface area contributed by atoms with E-state index in [9.17, 15) is 9.59 Å². The van der Waals surface area contributed by atoms with Gasteiger partial charge in [0, 0.05) is 6.42 Å². The third kappa shape index (κ3) is 4.04. The Morgan fingerprint density at radius 1 is 1.33 bits per heavy atom. The maximum atomic E-state index is 11.6. The number of aromatic carboxylic acids is 1. The van der Waals surface area contributed by atoms with Crippen molar-refractivity contribution in [1.82, 2.24) is 0 Å². The molecular formula is C13H16ClNO3. The van der Waals surface area contributed by atoms with Gasteiger partial charge in [-0.3, -0.25) is 4.79 Å². The zero-order chi connectivity index (χ0) is 13.5. The van der Waals surface area contributed by atoms with E-state index in [0.717, 1.165) is 19.3 Å². The maximum Gasteiger partial charge on any atom is 0.337 e. The number of amides is 1. The lowest BCUT2D eigenvalue weighted by molar-refractivity contribution is -0.116. The van der Waals surface area contributed by atoms with Crippen LogP contribution in [0.3, 0.4) is 0 Å². The van der Waals surface area contributed by atoms with Gasteiger partial charge in [0.1, 0.15) is 0 Å². The van der Waals surface area contributed by atoms with Crippen molar-refractivity contribution in [3.63, 3.8) is 0 Å². The van der Waals surface area contributed by atoms with Crippen molar-refractivity contribution in [3.05, 3.63) is 28.8 Å². The Hall–Kier alpha value is -1.55. The largest absolute Gasteiger partial charge is 0.478 e. The molecule has 0 atom stereocenters. The first-order valence-electron chi connectivity index (χ1n) is 5.88. The average Bonchev–Trinajstić information content (AvgIpc) is 2.32. The fourth-order valence-electron chi connectivity index (χ4n) is 1.54. The highest BCUT2D eigenvalue weighted by Gasteiger charge is 2.13. The number of rotatable bonds is 6. The van der Waals surface area contributed by atoms with E-state index in [1.807, 2.05) is 0 Å². The number of halogens is 1. The van der Waals surface area contributed by atoms with E-state index in [2.05, 4.69) is 12.2 Å². The molecule has 0 aliphatic heterocycles. The highest BCUT2D eigenvalue weighted by atomic mass is 35.5. The van der Waals surface area contributed by atoms with E-state index in [4.69, 9.17) is 16.7 Å². The minimum absolute atomic E-state index is 0.0111. The normalized spacial score (nSPS) is 10.1. The molecule has 1 aromatic rings. The molecule has 0 saturated heterocycles. The van der Waals surface area contributed by atoms with Gasteiger partial charge >= 0.3 is 5.97 Å². The van der Waals surface area contributed by atoms with Gasteiger partial charge in [-0.15, -0.1) is 0 Å². The summed E-state index contributed by atoms with van der Waals surface area (Å²) in [7, 11) is 0. The molecule has 0 unspecified atom stereocenters. The monoisotopic (exact) mass is 269 g/mol. The molecule has 0 aliphatic carbocycles. The van der Waals surface area contributed by atoms with Gasteiger partial charge in [0.05, 0.1) is 16.3 Å². The number of carbonyl (C=O) groups excluding carboxylic acids is 1. The Labute approximate surface area is 111 Å². The number of unbranched alkanes of at least 4 members (excludes halogenated alkanes) is 2. The van der Waals surface area contributed by atoms with E-state index in [1.54, 1.807) is 12.1 Å². The number of carboxylic acid groups (broad SMARTS) is 1. The number of nitrogens with one attached hydrogen (secondary N) is 1. The van der Waals surface area contributed by atoms with E-state index < -0.39 is 5.97 Å². The summed E-state index contributed by atoms with van der Waals surface area (Å²) in [5.74, 6) is -1.25. The minimum Gasteiger partial charge on any atom is -0.478 e. The van der Waals surface area contributed by atoms with Gasteiger partial charge < -0.3 is 10.4 Å². The lowest BCUT2D eigenvalue weighted by atomic mass is 10.1. The summed E-state index contributed by atoms with van der Waals surface area (Å²) >= 11 is 5.91. The van der Waals surface area contributed by atoms with E-state index in [1.165, 1.54) is 6.07 Å². The van der Waals surface area contributed by atoms with Crippen molar-refractivity contribution in [1.29, 1.82) is 0 Å².